The normalized spacial score (nSPS) is 23.3. The lowest BCUT2D eigenvalue weighted by atomic mass is 9.85. The third kappa shape index (κ3) is 5.09. The number of nitrogens with zero attached hydrogens (tertiary/aromatic N) is 2. The molecule has 1 N–H and O–H groups in total. The Labute approximate surface area is 212 Å². The second-order valence-electron chi connectivity index (χ2n) is 10.1. The van der Waals surface area contributed by atoms with Crippen LogP contribution in [0.3, 0.4) is 0 Å². The lowest BCUT2D eigenvalue weighted by Crippen LogP contribution is -2.36. The molecule has 0 aromatic heterocycles. The van der Waals surface area contributed by atoms with Gasteiger partial charge >= 0.3 is 0 Å². The first-order valence-corrected chi connectivity index (χ1v) is 14.6. The first-order chi connectivity index (χ1) is 16.7. The van der Waals surface area contributed by atoms with E-state index in [4.69, 9.17) is 0 Å². The van der Waals surface area contributed by atoms with Gasteiger partial charge in [0.15, 0.2) is 0 Å². The van der Waals surface area contributed by atoms with E-state index in [1.165, 1.54) is 27.7 Å². The molecule has 1 saturated heterocycles. The van der Waals surface area contributed by atoms with E-state index in [0.717, 1.165) is 84.7 Å². The number of likely N-dealkylation sites (tertiary alicyclic amines) is 1. The van der Waals surface area contributed by atoms with Crippen molar-refractivity contribution in [2.75, 3.05) is 33.7 Å². The third-order valence-corrected chi connectivity index (χ3v) is 10.5. The molecule has 0 radical (unpaired) electrons. The molecule has 2 aliphatic heterocycles. The third-order valence-electron chi connectivity index (χ3n) is 7.58. The van der Waals surface area contributed by atoms with Crippen LogP contribution < -0.4 is 0 Å². The number of hydrogen-bond donors (Lipinski definition) is 1. The highest BCUT2D eigenvalue weighted by Gasteiger charge is 2.29. The van der Waals surface area contributed by atoms with Gasteiger partial charge in [0.2, 0.25) is 10.0 Å². The van der Waals surface area contributed by atoms with Crippen LogP contribution >= 0.6 is 11.8 Å². The Morgan fingerprint density at radius 2 is 1.71 bits per heavy atom. The summed E-state index contributed by atoms with van der Waals surface area (Å²) in [5, 5.41) is 9.80. The van der Waals surface area contributed by atoms with Crippen LogP contribution in [-0.4, -0.2) is 62.6 Å². The van der Waals surface area contributed by atoms with Gasteiger partial charge in [0.05, 0.1) is 11.0 Å². The molecule has 0 unspecified atom stereocenters. The molecular weight excluding hydrogens is 483 g/mol. The van der Waals surface area contributed by atoms with Gasteiger partial charge in [-0.25, -0.2) is 17.1 Å². The zero-order valence-corrected chi connectivity index (χ0v) is 22.0. The summed E-state index contributed by atoms with van der Waals surface area (Å²) in [5.41, 5.74) is 4.31. The zero-order valence-electron chi connectivity index (χ0n) is 20.3. The van der Waals surface area contributed by atoms with Crippen LogP contribution in [0.2, 0.25) is 0 Å². The number of aliphatic hydroxyl groups is 1. The quantitative estimate of drug-likeness (QED) is 0.530. The lowest BCUT2D eigenvalue weighted by Gasteiger charge is -2.35. The Kier molecular flexibility index (Phi) is 7.12. The highest BCUT2D eigenvalue weighted by Crippen LogP contribution is 2.48. The molecule has 35 heavy (non-hydrogen) atoms. The highest BCUT2D eigenvalue weighted by molar-refractivity contribution is 7.99. The highest BCUT2D eigenvalue weighted by atomic mass is 32.2. The Morgan fingerprint density at radius 3 is 2.40 bits per heavy atom. The smallest absolute Gasteiger partial charge is 0.242 e. The van der Waals surface area contributed by atoms with Crippen molar-refractivity contribution >= 4 is 27.4 Å². The summed E-state index contributed by atoms with van der Waals surface area (Å²) in [5.74, 6) is 0.394. The lowest BCUT2D eigenvalue weighted by molar-refractivity contribution is 0.0923. The summed E-state index contributed by atoms with van der Waals surface area (Å²) in [6, 6.07) is 10.2. The van der Waals surface area contributed by atoms with Crippen molar-refractivity contribution in [3.63, 3.8) is 0 Å². The second-order valence-corrected chi connectivity index (χ2v) is 13.4. The van der Waals surface area contributed by atoms with Gasteiger partial charge in [-0.05, 0) is 91.5 Å². The largest absolute Gasteiger partial charge is 0.393 e. The summed E-state index contributed by atoms with van der Waals surface area (Å²) < 4.78 is 41.1. The molecule has 0 atom stereocenters. The maximum atomic E-state index is 14.1. The molecule has 0 spiro atoms. The number of piperidine rings is 1. The average Bonchev–Trinajstić information content (AvgIpc) is 2.84. The molecule has 5 rings (SSSR count). The molecule has 2 aromatic carbocycles. The van der Waals surface area contributed by atoms with Gasteiger partial charge in [-0.3, -0.25) is 0 Å². The van der Waals surface area contributed by atoms with Gasteiger partial charge in [0, 0.05) is 43.5 Å². The molecule has 2 heterocycles. The van der Waals surface area contributed by atoms with E-state index >= 15 is 0 Å². The van der Waals surface area contributed by atoms with Crippen molar-refractivity contribution in [1.82, 2.24) is 9.21 Å². The van der Waals surface area contributed by atoms with Crippen LogP contribution in [0.15, 0.2) is 56.7 Å². The Morgan fingerprint density at radius 1 is 1.00 bits per heavy atom. The molecule has 2 aromatic rings. The predicted octanol–water partition coefficient (Wildman–Crippen LogP) is 4.99. The Hall–Kier alpha value is -1.71. The van der Waals surface area contributed by atoms with Gasteiger partial charge in [0.1, 0.15) is 5.82 Å². The number of benzene rings is 2. The van der Waals surface area contributed by atoms with Crippen molar-refractivity contribution in [3.8, 4) is 0 Å². The van der Waals surface area contributed by atoms with Crippen LogP contribution in [0.4, 0.5) is 4.39 Å². The molecule has 188 valence electrons. The van der Waals surface area contributed by atoms with E-state index < -0.39 is 10.0 Å². The van der Waals surface area contributed by atoms with Crippen molar-refractivity contribution in [3.05, 3.63) is 58.9 Å². The maximum absolute atomic E-state index is 14.1. The summed E-state index contributed by atoms with van der Waals surface area (Å²) in [4.78, 5) is 4.66. The number of aliphatic hydroxyl groups excluding tert-OH is 1. The minimum Gasteiger partial charge on any atom is -0.393 e. The summed E-state index contributed by atoms with van der Waals surface area (Å²) >= 11 is 1.50. The molecule has 0 amide bonds. The standard InChI is InChI=1S/C27H33FN2O3S2/c1-29(2)35(32,33)22-8-10-25-24(16-22)27(23-9-5-20(28)15-26(23)34-25)19-11-13-30(14-12-19)17-18-3-6-21(31)7-4-18/h5,8-10,15-16,18,21,31H,3-4,6-7,11-14,17H2,1-2H3/t18-,21-. The van der Waals surface area contributed by atoms with Gasteiger partial charge in [-0.2, -0.15) is 0 Å². The summed E-state index contributed by atoms with van der Waals surface area (Å²) in [7, 11) is -0.472. The van der Waals surface area contributed by atoms with Crippen LogP contribution in [0.5, 0.6) is 0 Å². The number of hydrogen-bond acceptors (Lipinski definition) is 5. The van der Waals surface area contributed by atoms with Gasteiger partial charge in [-0.1, -0.05) is 23.4 Å². The monoisotopic (exact) mass is 516 g/mol. The van der Waals surface area contributed by atoms with E-state index in [-0.39, 0.29) is 16.8 Å². The second kappa shape index (κ2) is 9.98. The number of halogens is 1. The average molecular weight is 517 g/mol. The molecule has 8 heteroatoms. The van der Waals surface area contributed by atoms with Crippen LogP contribution in [-0.2, 0) is 10.0 Å². The molecule has 2 fully saturated rings. The SMILES string of the molecule is CN(C)S(=O)(=O)c1ccc2c(c1)C(=C1CCN(C[C@H]3CC[C@H](O)CC3)CC1)c1ccc(F)cc1S2. The minimum atomic E-state index is -3.56. The molecular formula is C27H33FN2O3S2. The van der Waals surface area contributed by atoms with E-state index in [1.54, 1.807) is 32.3 Å². The first kappa shape index (κ1) is 25.0. The van der Waals surface area contributed by atoms with Crippen molar-refractivity contribution in [1.29, 1.82) is 0 Å². The minimum absolute atomic E-state index is 0.126. The number of sulfonamides is 1. The maximum Gasteiger partial charge on any atom is 0.242 e. The van der Waals surface area contributed by atoms with Crippen LogP contribution in [0, 0.1) is 11.7 Å². The Balaban J connectivity index is 1.47. The van der Waals surface area contributed by atoms with Crippen molar-refractivity contribution in [2.24, 2.45) is 5.92 Å². The van der Waals surface area contributed by atoms with Crippen LogP contribution in [0.25, 0.3) is 5.57 Å². The fourth-order valence-electron chi connectivity index (χ4n) is 5.54. The fourth-order valence-corrected chi connectivity index (χ4v) is 7.57. The first-order valence-electron chi connectivity index (χ1n) is 12.4. The predicted molar refractivity (Wildman–Crippen MR) is 137 cm³/mol. The molecule has 1 aliphatic carbocycles. The molecule has 3 aliphatic rings. The summed E-state index contributed by atoms with van der Waals surface area (Å²) in [6.07, 6.45) is 5.71. The van der Waals surface area contributed by atoms with E-state index in [1.807, 2.05) is 12.1 Å². The Bertz CT molecular complexity index is 1240. The van der Waals surface area contributed by atoms with E-state index in [0.29, 0.717) is 5.92 Å². The summed E-state index contributed by atoms with van der Waals surface area (Å²) in [6.45, 7) is 3.01. The number of fused-ring (bicyclic) bond motifs is 2. The van der Waals surface area contributed by atoms with E-state index in [9.17, 15) is 17.9 Å². The van der Waals surface area contributed by atoms with Gasteiger partial charge in [-0.15, -0.1) is 0 Å². The topological polar surface area (TPSA) is 60.9 Å². The number of rotatable bonds is 4. The van der Waals surface area contributed by atoms with Gasteiger partial charge < -0.3 is 10.0 Å². The fraction of sp³-hybridized carbons (Fsp3) is 0.481. The molecule has 0 bridgehead atoms. The van der Waals surface area contributed by atoms with E-state index in [2.05, 4.69) is 4.90 Å². The molecule has 5 nitrogen and oxygen atoms in total. The van der Waals surface area contributed by atoms with Crippen LogP contribution in [0.1, 0.15) is 49.7 Å². The van der Waals surface area contributed by atoms with Crippen molar-refractivity contribution in [2.45, 2.75) is 59.3 Å². The zero-order chi connectivity index (χ0) is 24.7. The van der Waals surface area contributed by atoms with Gasteiger partial charge in [0.25, 0.3) is 0 Å². The molecule has 1 saturated carbocycles. The van der Waals surface area contributed by atoms with Crippen molar-refractivity contribution < 1.29 is 17.9 Å².